The van der Waals surface area contributed by atoms with E-state index in [0.717, 1.165) is 30.1 Å². The van der Waals surface area contributed by atoms with Crippen molar-refractivity contribution in [2.45, 2.75) is 45.2 Å². The van der Waals surface area contributed by atoms with Gasteiger partial charge in [-0.2, -0.15) is 0 Å². The molecule has 0 aliphatic heterocycles. The summed E-state index contributed by atoms with van der Waals surface area (Å²) >= 11 is 6.51. The average molecular weight is 279 g/mol. The number of benzene rings is 1. The van der Waals surface area contributed by atoms with Crippen LogP contribution < -0.4 is 10.2 Å². The molecule has 0 saturated heterocycles. The molecular weight excluding hydrogens is 256 g/mol. The van der Waals surface area contributed by atoms with Gasteiger partial charge >= 0.3 is 0 Å². The van der Waals surface area contributed by atoms with E-state index in [2.05, 4.69) is 29.3 Å². The van der Waals surface area contributed by atoms with Crippen LogP contribution in [0.15, 0.2) is 18.2 Å². The number of para-hydroxylation sites is 1. The smallest absolute Gasteiger partial charge is 0.0643 e. The minimum absolute atomic E-state index is 0.737. The molecule has 1 aromatic rings. The second-order valence-corrected chi connectivity index (χ2v) is 6.26. The highest BCUT2D eigenvalue weighted by Gasteiger charge is 2.35. The molecule has 0 spiro atoms. The summed E-state index contributed by atoms with van der Waals surface area (Å²) in [6.45, 7) is 5.26. The number of nitrogens with zero attached hydrogens (tertiary/aromatic N) is 1. The molecular formula is C16H23ClN2. The van der Waals surface area contributed by atoms with Crippen molar-refractivity contribution < 1.29 is 0 Å². The second-order valence-electron chi connectivity index (χ2n) is 5.85. The first kappa shape index (κ1) is 13.3. The maximum Gasteiger partial charge on any atom is 0.0643 e. The lowest BCUT2D eigenvalue weighted by Gasteiger charge is -2.28. The van der Waals surface area contributed by atoms with E-state index in [-0.39, 0.29) is 0 Å². The van der Waals surface area contributed by atoms with E-state index >= 15 is 0 Å². The highest BCUT2D eigenvalue weighted by molar-refractivity contribution is 6.33. The lowest BCUT2D eigenvalue weighted by atomic mass is 10.1. The molecule has 2 saturated carbocycles. The molecule has 19 heavy (non-hydrogen) atoms. The molecule has 0 amide bonds. The highest BCUT2D eigenvalue weighted by atomic mass is 35.5. The number of halogens is 1. The van der Waals surface area contributed by atoms with Crippen molar-refractivity contribution in [1.82, 2.24) is 5.32 Å². The monoisotopic (exact) mass is 278 g/mol. The maximum absolute atomic E-state index is 6.51. The van der Waals surface area contributed by atoms with Gasteiger partial charge in [-0.15, -0.1) is 0 Å². The third kappa shape index (κ3) is 3.24. The Hall–Kier alpha value is -0.730. The van der Waals surface area contributed by atoms with Gasteiger partial charge in [0, 0.05) is 19.1 Å². The van der Waals surface area contributed by atoms with Gasteiger partial charge in [0.2, 0.25) is 0 Å². The quantitative estimate of drug-likeness (QED) is 0.815. The maximum atomic E-state index is 6.51. The predicted octanol–water partition coefficient (Wildman–Crippen LogP) is 3.83. The number of anilines is 1. The summed E-state index contributed by atoms with van der Waals surface area (Å²) in [5, 5.41) is 4.35. The van der Waals surface area contributed by atoms with Gasteiger partial charge in [-0.05, 0) is 49.8 Å². The van der Waals surface area contributed by atoms with E-state index < -0.39 is 0 Å². The zero-order valence-corrected chi connectivity index (χ0v) is 12.4. The molecule has 2 aliphatic carbocycles. The highest BCUT2D eigenvalue weighted by Crippen LogP contribution is 2.41. The molecule has 0 aromatic heterocycles. The number of hydrogen-bond donors (Lipinski definition) is 1. The minimum atomic E-state index is 0.737. The summed E-state index contributed by atoms with van der Waals surface area (Å²) in [4.78, 5) is 2.59. The Labute approximate surface area is 121 Å². The summed E-state index contributed by atoms with van der Waals surface area (Å²) in [5.41, 5.74) is 2.64. The second kappa shape index (κ2) is 5.72. The predicted molar refractivity (Wildman–Crippen MR) is 81.9 cm³/mol. The van der Waals surface area contributed by atoms with E-state index in [1.807, 2.05) is 6.07 Å². The molecule has 2 nitrogen and oxygen atoms in total. The van der Waals surface area contributed by atoms with E-state index in [1.165, 1.54) is 43.5 Å². The van der Waals surface area contributed by atoms with Gasteiger partial charge in [-0.25, -0.2) is 0 Å². The van der Waals surface area contributed by atoms with E-state index in [4.69, 9.17) is 11.6 Å². The van der Waals surface area contributed by atoms with E-state index in [1.54, 1.807) is 0 Å². The van der Waals surface area contributed by atoms with Crippen molar-refractivity contribution in [2.75, 3.05) is 18.0 Å². The molecule has 0 heterocycles. The first-order valence-electron chi connectivity index (χ1n) is 7.54. The molecule has 3 heteroatoms. The summed E-state index contributed by atoms with van der Waals surface area (Å²) in [5.74, 6) is 0.906. The fourth-order valence-electron chi connectivity index (χ4n) is 2.67. The minimum Gasteiger partial charge on any atom is -0.367 e. The Morgan fingerprint density at radius 2 is 2.05 bits per heavy atom. The first-order chi connectivity index (χ1) is 9.29. The van der Waals surface area contributed by atoms with Crippen LogP contribution in [0, 0.1) is 5.92 Å². The molecule has 2 fully saturated rings. The summed E-state index contributed by atoms with van der Waals surface area (Å²) in [6.07, 6.45) is 5.46. The Kier molecular flexibility index (Phi) is 3.99. The van der Waals surface area contributed by atoms with Gasteiger partial charge in [-0.3, -0.25) is 0 Å². The molecule has 3 rings (SSSR count). The molecule has 104 valence electrons. The fraction of sp³-hybridized carbons (Fsp3) is 0.625. The van der Waals surface area contributed by atoms with E-state index in [9.17, 15) is 0 Å². The molecule has 1 aromatic carbocycles. The van der Waals surface area contributed by atoms with Crippen LogP contribution in [0.25, 0.3) is 0 Å². The Morgan fingerprint density at radius 1 is 1.26 bits per heavy atom. The molecule has 0 atom stereocenters. The third-order valence-corrected chi connectivity index (χ3v) is 4.37. The van der Waals surface area contributed by atoms with Gasteiger partial charge in [0.25, 0.3) is 0 Å². The van der Waals surface area contributed by atoms with Gasteiger partial charge in [0.1, 0.15) is 0 Å². The van der Waals surface area contributed by atoms with Crippen LogP contribution in [-0.2, 0) is 6.54 Å². The van der Waals surface area contributed by atoms with Crippen molar-refractivity contribution >= 4 is 17.3 Å². The topological polar surface area (TPSA) is 15.3 Å². The standard InChI is InChI=1S/C16H23ClN2/c1-2-18-10-13-4-3-5-15(17)16(13)19(14-8-9-14)11-12-6-7-12/h3-5,12,14,18H,2,6-11H2,1H3. The SMILES string of the molecule is CCNCc1cccc(Cl)c1N(CC1CC1)C1CC1. The van der Waals surface area contributed by atoms with Crippen molar-refractivity contribution in [1.29, 1.82) is 0 Å². The van der Waals surface area contributed by atoms with Crippen LogP contribution >= 0.6 is 11.6 Å². The van der Waals surface area contributed by atoms with Crippen molar-refractivity contribution in [3.8, 4) is 0 Å². The fourth-order valence-corrected chi connectivity index (χ4v) is 2.97. The van der Waals surface area contributed by atoms with Crippen LogP contribution in [0.4, 0.5) is 5.69 Å². The zero-order valence-electron chi connectivity index (χ0n) is 11.7. The molecule has 0 bridgehead atoms. The van der Waals surface area contributed by atoms with Crippen molar-refractivity contribution in [2.24, 2.45) is 5.92 Å². The van der Waals surface area contributed by atoms with Crippen LogP contribution in [-0.4, -0.2) is 19.1 Å². The molecule has 2 aliphatic rings. The lowest BCUT2D eigenvalue weighted by molar-refractivity contribution is 0.694. The third-order valence-electron chi connectivity index (χ3n) is 4.06. The van der Waals surface area contributed by atoms with Crippen LogP contribution in [0.5, 0.6) is 0 Å². The van der Waals surface area contributed by atoms with Crippen molar-refractivity contribution in [3.63, 3.8) is 0 Å². The van der Waals surface area contributed by atoms with Crippen molar-refractivity contribution in [3.05, 3.63) is 28.8 Å². The summed E-state index contributed by atoms with van der Waals surface area (Å²) in [7, 11) is 0. The lowest BCUT2D eigenvalue weighted by Crippen LogP contribution is -2.30. The molecule has 1 N–H and O–H groups in total. The zero-order chi connectivity index (χ0) is 13.2. The number of hydrogen-bond acceptors (Lipinski definition) is 2. The van der Waals surface area contributed by atoms with E-state index in [0.29, 0.717) is 0 Å². The molecule has 0 radical (unpaired) electrons. The summed E-state index contributed by atoms with van der Waals surface area (Å²) < 4.78 is 0. The first-order valence-corrected chi connectivity index (χ1v) is 7.92. The van der Waals surface area contributed by atoms with Gasteiger partial charge < -0.3 is 10.2 Å². The van der Waals surface area contributed by atoms with Gasteiger partial charge in [0.15, 0.2) is 0 Å². The summed E-state index contributed by atoms with van der Waals surface area (Å²) in [6, 6.07) is 7.06. The Balaban J connectivity index is 1.86. The van der Waals surface area contributed by atoms with Gasteiger partial charge in [0.05, 0.1) is 10.7 Å². The van der Waals surface area contributed by atoms with Crippen LogP contribution in [0.3, 0.4) is 0 Å². The van der Waals surface area contributed by atoms with Crippen LogP contribution in [0.2, 0.25) is 5.02 Å². The number of rotatable bonds is 7. The largest absolute Gasteiger partial charge is 0.367 e. The average Bonchev–Trinajstić information content (AvgIpc) is 3.27. The van der Waals surface area contributed by atoms with Gasteiger partial charge in [-0.1, -0.05) is 30.7 Å². The normalized spacial score (nSPS) is 18.6. The number of nitrogens with one attached hydrogen (secondary N) is 1. The molecule has 0 unspecified atom stereocenters. The Morgan fingerprint density at radius 3 is 2.68 bits per heavy atom. The Bertz CT molecular complexity index is 438. The van der Waals surface area contributed by atoms with Crippen LogP contribution in [0.1, 0.15) is 38.2 Å².